The number of para-hydroxylation sites is 1. The lowest BCUT2D eigenvalue weighted by molar-refractivity contribution is -0.115. The minimum Gasteiger partial charge on any atom is -0.317 e. The summed E-state index contributed by atoms with van der Waals surface area (Å²) in [6, 6.07) is 16.6. The lowest BCUT2D eigenvalue weighted by atomic mass is 9.95. The van der Waals surface area contributed by atoms with E-state index in [0.29, 0.717) is 11.7 Å². The topological polar surface area (TPSA) is 42.0 Å². The number of amides is 1. The monoisotopic (exact) mass is 478 g/mol. The largest absolute Gasteiger partial charge is 0.317 e. The van der Waals surface area contributed by atoms with E-state index < -0.39 is 0 Å². The van der Waals surface area contributed by atoms with E-state index in [1.54, 1.807) is 22.7 Å². The van der Waals surface area contributed by atoms with E-state index in [-0.39, 0.29) is 5.91 Å². The summed E-state index contributed by atoms with van der Waals surface area (Å²) in [6.07, 6.45) is 4.98. The van der Waals surface area contributed by atoms with Crippen LogP contribution in [0.1, 0.15) is 42.7 Å². The molecule has 1 amide bonds. The third-order valence-corrected chi connectivity index (χ3v) is 8.87. The molecular formula is C26H26N2OS3. The van der Waals surface area contributed by atoms with Gasteiger partial charge in [0.25, 0.3) is 0 Å². The number of nitrogens with zero attached hydrogens (tertiary/aromatic N) is 1. The lowest BCUT2D eigenvalue weighted by Gasteiger charge is -2.12. The second-order valence-electron chi connectivity index (χ2n) is 8.44. The Hall–Kier alpha value is -2.15. The van der Waals surface area contributed by atoms with Crippen LogP contribution in [0.3, 0.4) is 0 Å². The number of hydrogen-bond donors (Lipinski definition) is 1. The molecule has 3 nitrogen and oxygen atoms in total. The Morgan fingerprint density at radius 1 is 1.06 bits per heavy atom. The van der Waals surface area contributed by atoms with Crippen LogP contribution in [0.5, 0.6) is 0 Å². The molecule has 6 heteroatoms. The zero-order valence-electron chi connectivity index (χ0n) is 18.3. The number of hydrogen-bond acceptors (Lipinski definition) is 5. The maximum atomic E-state index is 13.0. The lowest BCUT2D eigenvalue weighted by Crippen LogP contribution is -2.14. The van der Waals surface area contributed by atoms with Gasteiger partial charge in [0, 0.05) is 20.6 Å². The highest BCUT2D eigenvalue weighted by Gasteiger charge is 2.25. The van der Waals surface area contributed by atoms with Crippen LogP contribution in [0.4, 0.5) is 5.00 Å². The van der Waals surface area contributed by atoms with Gasteiger partial charge in [0.15, 0.2) is 0 Å². The van der Waals surface area contributed by atoms with Crippen molar-refractivity contribution in [1.82, 2.24) is 4.98 Å². The molecule has 0 fully saturated rings. The van der Waals surface area contributed by atoms with Gasteiger partial charge in [-0.25, -0.2) is 4.98 Å². The summed E-state index contributed by atoms with van der Waals surface area (Å²) >= 11 is 5.31. The first-order valence-electron chi connectivity index (χ1n) is 11.1. The van der Waals surface area contributed by atoms with Crippen LogP contribution in [0.25, 0.3) is 20.8 Å². The highest BCUT2D eigenvalue weighted by atomic mass is 32.2. The van der Waals surface area contributed by atoms with Crippen LogP contribution >= 0.6 is 34.4 Å². The van der Waals surface area contributed by atoms with Crippen molar-refractivity contribution >= 4 is 55.6 Å². The molecule has 1 aliphatic rings. The number of carbonyl (C=O) groups is 1. The zero-order valence-corrected chi connectivity index (χ0v) is 20.8. The first-order chi connectivity index (χ1) is 15.6. The van der Waals surface area contributed by atoms with Crippen molar-refractivity contribution in [1.29, 1.82) is 0 Å². The zero-order chi connectivity index (χ0) is 22.1. The average Bonchev–Trinajstić information content (AvgIpc) is 3.35. The number of nitrogens with one attached hydrogen (secondary N) is 1. The maximum absolute atomic E-state index is 13.0. The van der Waals surface area contributed by atoms with Gasteiger partial charge < -0.3 is 5.32 Å². The molecule has 0 unspecified atom stereocenters. The molecule has 0 spiro atoms. The van der Waals surface area contributed by atoms with E-state index in [1.165, 1.54) is 32.9 Å². The van der Waals surface area contributed by atoms with Crippen molar-refractivity contribution in [2.45, 2.75) is 56.1 Å². The molecule has 2 aromatic carbocycles. The second-order valence-corrected chi connectivity index (χ2v) is 12.2. The van der Waals surface area contributed by atoms with Crippen molar-refractivity contribution < 1.29 is 4.79 Å². The van der Waals surface area contributed by atoms with Gasteiger partial charge in [0.2, 0.25) is 5.91 Å². The minimum atomic E-state index is 0.0372. The van der Waals surface area contributed by atoms with Crippen LogP contribution in [0.2, 0.25) is 0 Å². The average molecular weight is 479 g/mol. The molecule has 164 valence electrons. The second kappa shape index (κ2) is 9.38. The number of thioether (sulfide) groups is 1. The third-order valence-electron chi connectivity index (χ3n) is 5.59. The number of rotatable bonds is 6. The van der Waals surface area contributed by atoms with Crippen LogP contribution in [0.15, 0.2) is 53.4 Å². The normalized spacial score (nSPS) is 13.5. The Balaban J connectivity index is 1.41. The molecule has 32 heavy (non-hydrogen) atoms. The molecule has 1 N–H and O–H groups in total. The Labute approximate surface area is 201 Å². The van der Waals surface area contributed by atoms with Gasteiger partial charge in [-0.2, -0.15) is 0 Å². The van der Waals surface area contributed by atoms with Crippen LogP contribution in [0, 0.1) is 0 Å². The molecule has 0 radical (unpaired) electrons. The molecule has 2 aromatic heterocycles. The van der Waals surface area contributed by atoms with Crippen molar-refractivity contribution in [3.05, 3.63) is 64.5 Å². The van der Waals surface area contributed by atoms with E-state index in [2.05, 4.69) is 61.6 Å². The molecule has 0 aliphatic heterocycles. The van der Waals surface area contributed by atoms with Gasteiger partial charge in [-0.1, -0.05) is 38.1 Å². The fraction of sp³-hybridized carbons (Fsp3) is 0.308. The minimum absolute atomic E-state index is 0.0372. The predicted molar refractivity (Wildman–Crippen MR) is 139 cm³/mol. The highest BCUT2D eigenvalue weighted by molar-refractivity contribution is 7.99. The quantitative estimate of drug-likeness (QED) is 0.290. The molecule has 1 aliphatic carbocycles. The van der Waals surface area contributed by atoms with Crippen LogP contribution < -0.4 is 5.32 Å². The van der Waals surface area contributed by atoms with Crippen LogP contribution in [-0.2, 0) is 24.1 Å². The molecule has 2 heterocycles. The van der Waals surface area contributed by atoms with E-state index >= 15 is 0 Å². The number of carbonyl (C=O) groups excluding carboxylic acids is 1. The Kier molecular flexibility index (Phi) is 6.35. The summed E-state index contributed by atoms with van der Waals surface area (Å²) in [5.74, 6) is 0.0372. The number of fused-ring (bicyclic) bond motifs is 2. The standard InChI is InChI=1S/C26H26N2OS3/c1-16(2)30-18-13-11-17(12-14-18)15-23(29)28-26-24(19-7-3-5-9-21(19)31-26)25-27-20-8-4-6-10-22(20)32-25/h4,6,8,10-14,16H,3,5,7,9,15H2,1-2H3,(H,28,29). The molecule has 0 saturated carbocycles. The smallest absolute Gasteiger partial charge is 0.229 e. The molecule has 0 saturated heterocycles. The number of thiazole rings is 1. The summed E-state index contributed by atoms with van der Waals surface area (Å²) in [5, 5.41) is 5.79. The number of anilines is 1. The Morgan fingerprint density at radius 3 is 2.62 bits per heavy atom. The highest BCUT2D eigenvalue weighted by Crippen LogP contribution is 2.46. The first-order valence-corrected chi connectivity index (χ1v) is 13.6. The summed E-state index contributed by atoms with van der Waals surface area (Å²) in [6.45, 7) is 4.38. The molecular weight excluding hydrogens is 453 g/mol. The molecule has 5 rings (SSSR count). The van der Waals surface area contributed by atoms with Gasteiger partial charge in [-0.05, 0) is 61.1 Å². The Bertz CT molecular complexity index is 1220. The maximum Gasteiger partial charge on any atom is 0.229 e. The van der Waals surface area contributed by atoms with Gasteiger partial charge in [-0.15, -0.1) is 34.4 Å². The summed E-state index contributed by atoms with van der Waals surface area (Å²) in [4.78, 5) is 20.6. The van der Waals surface area contributed by atoms with Gasteiger partial charge in [0.1, 0.15) is 10.0 Å². The van der Waals surface area contributed by atoms with Gasteiger partial charge in [0.05, 0.1) is 16.6 Å². The number of aromatic nitrogens is 1. The fourth-order valence-electron chi connectivity index (χ4n) is 4.17. The van der Waals surface area contributed by atoms with E-state index in [9.17, 15) is 4.79 Å². The molecule has 0 bridgehead atoms. The Morgan fingerprint density at radius 2 is 1.84 bits per heavy atom. The first kappa shape index (κ1) is 21.7. The molecule has 0 atom stereocenters. The summed E-state index contributed by atoms with van der Waals surface area (Å²) < 4.78 is 1.19. The van der Waals surface area contributed by atoms with Crippen molar-refractivity contribution in [3.63, 3.8) is 0 Å². The summed E-state index contributed by atoms with van der Waals surface area (Å²) in [7, 11) is 0. The number of aryl methyl sites for hydroxylation is 1. The molecule has 4 aromatic rings. The number of benzene rings is 2. The van der Waals surface area contributed by atoms with Crippen molar-refractivity contribution in [2.24, 2.45) is 0 Å². The van der Waals surface area contributed by atoms with E-state index in [4.69, 9.17) is 4.98 Å². The van der Waals surface area contributed by atoms with Gasteiger partial charge >= 0.3 is 0 Å². The fourth-order valence-corrected chi connectivity index (χ4v) is 7.43. The van der Waals surface area contributed by atoms with Crippen LogP contribution in [-0.4, -0.2) is 16.1 Å². The van der Waals surface area contributed by atoms with Crippen molar-refractivity contribution in [2.75, 3.05) is 5.32 Å². The number of thiophene rings is 1. The van der Waals surface area contributed by atoms with E-state index in [0.717, 1.165) is 39.5 Å². The van der Waals surface area contributed by atoms with Crippen molar-refractivity contribution in [3.8, 4) is 10.6 Å². The third kappa shape index (κ3) is 4.63. The van der Waals surface area contributed by atoms with Gasteiger partial charge in [-0.3, -0.25) is 4.79 Å². The summed E-state index contributed by atoms with van der Waals surface area (Å²) in [5.41, 5.74) is 4.62. The SMILES string of the molecule is CC(C)Sc1ccc(CC(=O)Nc2sc3c(c2-c2nc4ccccc4s2)CCCC3)cc1. The predicted octanol–water partition coefficient (Wildman–Crippen LogP) is 7.59. The van der Waals surface area contributed by atoms with E-state index in [1.807, 2.05) is 17.8 Å².